The summed E-state index contributed by atoms with van der Waals surface area (Å²) in [6.07, 6.45) is 7.43. The summed E-state index contributed by atoms with van der Waals surface area (Å²) >= 11 is 0. The summed E-state index contributed by atoms with van der Waals surface area (Å²) in [5, 5.41) is 12.5. The van der Waals surface area contributed by atoms with Crippen molar-refractivity contribution in [3.05, 3.63) is 12.4 Å². The Balaban J connectivity index is 1.97. The fraction of sp³-hybridized carbons (Fsp3) is 0.643. The normalized spacial score (nSPS) is 16.9. The number of rotatable bonds is 7. The van der Waals surface area contributed by atoms with Crippen molar-refractivity contribution >= 4 is 11.8 Å². The maximum Gasteiger partial charge on any atom is 0.311 e. The van der Waals surface area contributed by atoms with Crippen molar-refractivity contribution in [2.24, 2.45) is 5.41 Å². The van der Waals surface area contributed by atoms with E-state index in [1.807, 2.05) is 6.92 Å². The quantitative estimate of drug-likeness (QED) is 0.797. The molecule has 2 N–H and O–H groups in total. The van der Waals surface area contributed by atoms with Gasteiger partial charge in [0.1, 0.15) is 5.82 Å². The van der Waals surface area contributed by atoms with Crippen molar-refractivity contribution in [1.29, 1.82) is 0 Å². The molecule has 2 rings (SSSR count). The summed E-state index contributed by atoms with van der Waals surface area (Å²) in [6.45, 7) is 3.00. The molecule has 0 aliphatic heterocycles. The molecule has 0 radical (unpaired) electrons. The SMILES string of the molecule is CCCOc1cncc(NCC2(C(=O)O)CCCC2)n1. The van der Waals surface area contributed by atoms with Crippen LogP contribution in [0.15, 0.2) is 12.4 Å². The molecule has 1 aliphatic rings. The third-order valence-electron chi connectivity index (χ3n) is 3.69. The first-order valence-electron chi connectivity index (χ1n) is 7.08. The first kappa shape index (κ1) is 14.6. The van der Waals surface area contributed by atoms with Crippen molar-refractivity contribution in [3.63, 3.8) is 0 Å². The molecule has 6 heteroatoms. The molecule has 0 spiro atoms. The highest BCUT2D eigenvalue weighted by atomic mass is 16.5. The van der Waals surface area contributed by atoms with Crippen LogP contribution in [0.4, 0.5) is 5.82 Å². The lowest BCUT2D eigenvalue weighted by molar-refractivity contribution is -0.147. The van der Waals surface area contributed by atoms with Gasteiger partial charge in [-0.2, -0.15) is 4.98 Å². The number of carboxylic acid groups (broad SMARTS) is 1. The van der Waals surface area contributed by atoms with Gasteiger partial charge in [0.05, 0.1) is 24.4 Å². The van der Waals surface area contributed by atoms with Gasteiger partial charge in [0.2, 0.25) is 5.88 Å². The second kappa shape index (κ2) is 6.54. The first-order valence-corrected chi connectivity index (χ1v) is 7.08. The Morgan fingerprint density at radius 2 is 2.20 bits per heavy atom. The monoisotopic (exact) mass is 279 g/mol. The predicted octanol–water partition coefficient (Wildman–Crippen LogP) is 2.32. The lowest BCUT2D eigenvalue weighted by Crippen LogP contribution is -2.35. The molecule has 1 aliphatic carbocycles. The molecule has 1 aromatic rings. The van der Waals surface area contributed by atoms with E-state index in [4.69, 9.17) is 4.74 Å². The Morgan fingerprint density at radius 3 is 2.85 bits per heavy atom. The third-order valence-corrected chi connectivity index (χ3v) is 3.69. The Morgan fingerprint density at radius 1 is 1.45 bits per heavy atom. The van der Waals surface area contributed by atoms with Gasteiger partial charge in [0.25, 0.3) is 0 Å². The number of ether oxygens (including phenoxy) is 1. The van der Waals surface area contributed by atoms with E-state index >= 15 is 0 Å². The number of carboxylic acids is 1. The highest BCUT2D eigenvalue weighted by molar-refractivity contribution is 5.75. The molecule has 0 aromatic carbocycles. The molecule has 1 saturated carbocycles. The van der Waals surface area contributed by atoms with E-state index in [-0.39, 0.29) is 0 Å². The number of anilines is 1. The van der Waals surface area contributed by atoms with Gasteiger partial charge in [0, 0.05) is 6.54 Å². The highest BCUT2D eigenvalue weighted by Gasteiger charge is 2.41. The predicted molar refractivity (Wildman–Crippen MR) is 74.8 cm³/mol. The maximum absolute atomic E-state index is 11.5. The molecule has 0 amide bonds. The van der Waals surface area contributed by atoms with Gasteiger partial charge in [-0.3, -0.25) is 9.78 Å². The molecular formula is C14H21N3O3. The lowest BCUT2D eigenvalue weighted by atomic mass is 9.86. The molecule has 110 valence electrons. The van der Waals surface area contributed by atoms with Gasteiger partial charge >= 0.3 is 5.97 Å². The molecule has 0 saturated heterocycles. The zero-order valence-corrected chi connectivity index (χ0v) is 11.8. The number of carbonyl (C=O) groups is 1. The smallest absolute Gasteiger partial charge is 0.311 e. The maximum atomic E-state index is 11.5. The van der Waals surface area contributed by atoms with Crippen molar-refractivity contribution in [3.8, 4) is 5.88 Å². The zero-order valence-electron chi connectivity index (χ0n) is 11.8. The Hall–Kier alpha value is -1.85. The molecule has 20 heavy (non-hydrogen) atoms. The number of aromatic nitrogens is 2. The molecule has 1 fully saturated rings. The van der Waals surface area contributed by atoms with Crippen molar-refractivity contribution in [2.45, 2.75) is 39.0 Å². The minimum Gasteiger partial charge on any atom is -0.481 e. The van der Waals surface area contributed by atoms with Crippen LogP contribution in [0.3, 0.4) is 0 Å². The van der Waals surface area contributed by atoms with E-state index in [1.54, 1.807) is 12.4 Å². The van der Waals surface area contributed by atoms with Crippen LogP contribution in [0.1, 0.15) is 39.0 Å². The minimum absolute atomic E-state index is 0.383. The number of hydrogen-bond acceptors (Lipinski definition) is 5. The van der Waals surface area contributed by atoms with Gasteiger partial charge in [0.15, 0.2) is 0 Å². The summed E-state index contributed by atoms with van der Waals surface area (Å²) in [6, 6.07) is 0. The lowest BCUT2D eigenvalue weighted by Gasteiger charge is -2.24. The fourth-order valence-corrected chi connectivity index (χ4v) is 2.49. The van der Waals surface area contributed by atoms with Gasteiger partial charge in [-0.25, -0.2) is 0 Å². The Labute approximate surface area is 118 Å². The largest absolute Gasteiger partial charge is 0.481 e. The van der Waals surface area contributed by atoms with Crippen LogP contribution < -0.4 is 10.1 Å². The van der Waals surface area contributed by atoms with Crippen LogP contribution in [0.2, 0.25) is 0 Å². The number of nitrogens with one attached hydrogen (secondary N) is 1. The second-order valence-corrected chi connectivity index (χ2v) is 5.24. The van der Waals surface area contributed by atoms with Gasteiger partial charge in [-0.15, -0.1) is 0 Å². The zero-order chi connectivity index (χ0) is 14.4. The Bertz CT molecular complexity index is 459. The molecule has 0 bridgehead atoms. The number of aliphatic carboxylic acids is 1. The van der Waals surface area contributed by atoms with E-state index in [0.717, 1.165) is 32.1 Å². The first-order chi connectivity index (χ1) is 9.66. The molecule has 0 unspecified atom stereocenters. The Kier molecular flexibility index (Phi) is 4.76. The third kappa shape index (κ3) is 3.37. The molecule has 1 heterocycles. The molecule has 6 nitrogen and oxygen atoms in total. The van der Waals surface area contributed by atoms with Gasteiger partial charge in [-0.1, -0.05) is 19.8 Å². The van der Waals surface area contributed by atoms with Crippen LogP contribution in [0.25, 0.3) is 0 Å². The van der Waals surface area contributed by atoms with E-state index in [9.17, 15) is 9.90 Å². The van der Waals surface area contributed by atoms with E-state index < -0.39 is 11.4 Å². The summed E-state index contributed by atoms with van der Waals surface area (Å²) in [4.78, 5) is 19.8. The van der Waals surface area contributed by atoms with Crippen LogP contribution >= 0.6 is 0 Å². The standard InChI is InChI=1S/C14H21N3O3/c1-2-7-20-12-9-15-8-11(17-12)16-10-14(13(18)19)5-3-4-6-14/h8-9H,2-7,10H2,1H3,(H,16,17)(H,18,19). The molecule has 1 aromatic heterocycles. The van der Waals surface area contributed by atoms with E-state index in [1.165, 1.54) is 0 Å². The average Bonchev–Trinajstić information content (AvgIpc) is 2.94. The second-order valence-electron chi connectivity index (χ2n) is 5.24. The van der Waals surface area contributed by atoms with Gasteiger partial charge < -0.3 is 15.2 Å². The van der Waals surface area contributed by atoms with Crippen LogP contribution in [0.5, 0.6) is 5.88 Å². The van der Waals surface area contributed by atoms with Crippen LogP contribution in [-0.4, -0.2) is 34.2 Å². The average molecular weight is 279 g/mol. The number of nitrogens with zero attached hydrogens (tertiary/aromatic N) is 2. The van der Waals surface area contributed by atoms with E-state index in [0.29, 0.717) is 24.8 Å². The van der Waals surface area contributed by atoms with Crippen molar-refractivity contribution in [2.75, 3.05) is 18.5 Å². The summed E-state index contributed by atoms with van der Waals surface area (Å²) in [7, 11) is 0. The molecule has 0 atom stereocenters. The van der Waals surface area contributed by atoms with E-state index in [2.05, 4.69) is 15.3 Å². The topological polar surface area (TPSA) is 84.3 Å². The molecular weight excluding hydrogens is 258 g/mol. The van der Waals surface area contributed by atoms with Crippen molar-refractivity contribution < 1.29 is 14.6 Å². The van der Waals surface area contributed by atoms with Gasteiger partial charge in [-0.05, 0) is 19.3 Å². The summed E-state index contributed by atoms with van der Waals surface area (Å²) < 4.78 is 5.41. The van der Waals surface area contributed by atoms with Crippen LogP contribution in [-0.2, 0) is 4.79 Å². The van der Waals surface area contributed by atoms with Crippen LogP contribution in [0, 0.1) is 5.41 Å². The summed E-state index contributed by atoms with van der Waals surface area (Å²) in [5.74, 6) is 0.299. The highest BCUT2D eigenvalue weighted by Crippen LogP contribution is 2.38. The van der Waals surface area contributed by atoms with Crippen molar-refractivity contribution in [1.82, 2.24) is 9.97 Å². The number of hydrogen-bond donors (Lipinski definition) is 2. The fourth-order valence-electron chi connectivity index (χ4n) is 2.49. The summed E-state index contributed by atoms with van der Waals surface area (Å²) in [5.41, 5.74) is -0.665. The minimum atomic E-state index is -0.728.